The SMILES string of the molecule is CC[C@H]1OC(=O)[C@H](C)[C@@H](O[C@H]2C[C@@](C)(OC)[C@@H](O)[C@H](C)O2)[C@H](C)[C@@H](O[C@@H]2O[C@H](C)C[C@H](N(C)C)[C@H]2O)[C@](C)(O)C[C@@H](C)CN(C)[C@H](C)[C@@H](O)[C@]1(C)O.O=C(O)[C@H](O)[C@@H](O)[C@@H](O[C@@H]1O[C@H](CO)[C@H](O)[C@H](O)[C@H]1O)[C@@H](O)CO. The number of aliphatic hydroxyl groups excluding tert-OH is 11. The predicted octanol–water partition coefficient (Wildman–Crippen LogP) is -3.77. The lowest BCUT2D eigenvalue weighted by Gasteiger charge is -2.48. The molecule has 0 saturated carbocycles. The number of aliphatic hydroxyl groups is 13. The van der Waals surface area contributed by atoms with Crippen LogP contribution < -0.4 is 0 Å². The van der Waals surface area contributed by atoms with Gasteiger partial charge in [-0.2, -0.15) is 0 Å². The van der Waals surface area contributed by atoms with Crippen LogP contribution in [0.5, 0.6) is 0 Å². The van der Waals surface area contributed by atoms with E-state index in [9.17, 15) is 65.8 Å². The molecule has 4 rings (SSSR count). The number of methoxy groups -OCH3 is 1. The highest BCUT2D eigenvalue weighted by molar-refractivity contribution is 5.73. The van der Waals surface area contributed by atoms with Crippen LogP contribution in [0.25, 0.3) is 0 Å². The molecule has 4 fully saturated rings. The number of likely N-dealkylation sites (N-methyl/N-ethyl adjacent to an activating group) is 2. The van der Waals surface area contributed by atoms with Gasteiger partial charge in [0.1, 0.15) is 72.7 Å². The van der Waals surface area contributed by atoms with Crippen molar-refractivity contribution in [3.63, 3.8) is 0 Å². The summed E-state index contributed by atoms with van der Waals surface area (Å²) >= 11 is 0. The van der Waals surface area contributed by atoms with Crippen molar-refractivity contribution in [3.05, 3.63) is 0 Å². The molecule has 0 aromatic carbocycles. The first kappa shape index (κ1) is 68.3. The van der Waals surface area contributed by atoms with Crippen molar-refractivity contribution in [1.29, 1.82) is 0 Å². The number of carboxylic acid groups (broad SMARTS) is 1. The largest absolute Gasteiger partial charge is 0.479 e. The molecule has 0 bridgehead atoms. The quantitative estimate of drug-likeness (QED) is 0.0700. The Bertz CT molecular complexity index is 1770. The van der Waals surface area contributed by atoms with E-state index in [4.69, 9.17) is 53.2 Å². The van der Waals surface area contributed by atoms with Crippen molar-refractivity contribution in [2.24, 2.45) is 17.8 Å². The van der Waals surface area contributed by atoms with Crippen LogP contribution in [-0.4, -0.2) is 287 Å². The second-order valence-electron chi connectivity index (χ2n) is 22.5. The van der Waals surface area contributed by atoms with E-state index in [0.717, 1.165) is 0 Å². The van der Waals surface area contributed by atoms with Crippen LogP contribution in [0, 0.1) is 17.8 Å². The van der Waals surface area contributed by atoms with Crippen LogP contribution in [0.2, 0.25) is 0 Å². The van der Waals surface area contributed by atoms with E-state index < -0.39 is 170 Å². The summed E-state index contributed by atoms with van der Waals surface area (Å²) in [6.45, 7) is 16.3. The average molecular weight is 1110 g/mol. The topological polar surface area (TPSA) is 398 Å². The number of esters is 1. The van der Waals surface area contributed by atoms with E-state index in [1.165, 1.54) is 14.0 Å². The maximum absolute atomic E-state index is 14.2. The fourth-order valence-electron chi connectivity index (χ4n) is 10.9. The first-order chi connectivity index (χ1) is 35.1. The van der Waals surface area contributed by atoms with E-state index in [0.29, 0.717) is 13.0 Å². The molecule has 0 aliphatic carbocycles. The molecule has 0 spiro atoms. The van der Waals surface area contributed by atoms with E-state index >= 15 is 0 Å². The lowest BCUT2D eigenvalue weighted by atomic mass is 9.77. The molecular weight excluding hydrogens is 1010 g/mol. The van der Waals surface area contributed by atoms with Gasteiger partial charge in [-0.05, 0) is 94.8 Å². The minimum absolute atomic E-state index is 0.133. The minimum atomic E-state index is -2.39. The Kier molecular flexibility index (Phi) is 25.8. The highest BCUT2D eigenvalue weighted by Gasteiger charge is 2.53. The molecule has 14 N–H and O–H groups in total. The third-order valence-corrected chi connectivity index (χ3v) is 15.8. The van der Waals surface area contributed by atoms with E-state index in [-0.39, 0.29) is 37.3 Å². The Balaban J connectivity index is 0.000000529. The predicted molar refractivity (Wildman–Crippen MR) is 266 cm³/mol. The highest BCUT2D eigenvalue weighted by atomic mass is 16.7. The summed E-state index contributed by atoms with van der Waals surface area (Å²) in [6, 6.07) is -0.808. The summed E-state index contributed by atoms with van der Waals surface area (Å²) < 4.78 is 47.5. The fourth-order valence-corrected chi connectivity index (χ4v) is 10.9. The monoisotopic (exact) mass is 1110 g/mol. The number of carbonyl (C=O) groups excluding carboxylic acids is 1. The van der Waals surface area contributed by atoms with E-state index in [1.54, 1.807) is 41.5 Å². The first-order valence-electron chi connectivity index (χ1n) is 26.1. The molecule has 4 aliphatic heterocycles. The molecule has 0 aromatic rings. The van der Waals surface area contributed by atoms with Crippen LogP contribution in [0.4, 0.5) is 0 Å². The van der Waals surface area contributed by atoms with Gasteiger partial charge < -0.3 is 119 Å². The molecule has 448 valence electrons. The summed E-state index contributed by atoms with van der Waals surface area (Å²) in [5.74, 6) is -4.42. The van der Waals surface area contributed by atoms with Gasteiger partial charge in [-0.15, -0.1) is 0 Å². The standard InChI is InChI=1S/C38H72N2O12.C12H22O12/c1-15-27-38(10,46)31(42)24(6)40(13)19-20(2)17-36(8,45)33(52-35-29(41)26(39(11)12)16-21(3)48-35)22(4)30(23(5)34(44)50-27)51-28-18-37(9,47-14)32(43)25(7)49-28;13-1-3(15)10(7(18)8(19)11(21)22)24-12-9(20)6(17)5(16)4(2-14)23-12/h20-33,35,41-43,45-46H,15-19H2,1-14H3;3-10,12-20H,1-2H2,(H,21,22)/t20-,21-,22+,23-,24-,25+,26+,27-,28+,29-,30+,31-,32+,33-,35+,36-,37-,38-;3-,4+,5-,6-,7+,8+,9+,10-,12-/m10/s1. The van der Waals surface area contributed by atoms with Crippen LogP contribution in [0.15, 0.2) is 0 Å². The molecule has 0 amide bonds. The number of carbonyl (C=O) groups is 2. The number of nitrogens with zero attached hydrogens (tertiary/aromatic N) is 2. The zero-order valence-corrected chi connectivity index (χ0v) is 46.5. The molecule has 0 aromatic heterocycles. The minimum Gasteiger partial charge on any atom is -0.479 e. The van der Waals surface area contributed by atoms with Gasteiger partial charge in [0, 0.05) is 38.1 Å². The molecule has 26 heteroatoms. The second kappa shape index (κ2) is 28.7. The summed E-state index contributed by atoms with van der Waals surface area (Å²) in [4.78, 5) is 28.8. The first-order valence-corrected chi connectivity index (χ1v) is 26.1. The summed E-state index contributed by atoms with van der Waals surface area (Å²) in [5.41, 5.74) is -4.37. The van der Waals surface area contributed by atoms with Gasteiger partial charge in [0.15, 0.2) is 25.0 Å². The number of ether oxygens (including phenoxy) is 8. The van der Waals surface area contributed by atoms with Crippen molar-refractivity contribution in [1.82, 2.24) is 9.80 Å². The maximum Gasteiger partial charge on any atom is 0.335 e. The van der Waals surface area contributed by atoms with Crippen LogP contribution >= 0.6 is 0 Å². The van der Waals surface area contributed by atoms with Crippen molar-refractivity contribution >= 4 is 11.9 Å². The highest BCUT2D eigenvalue weighted by Crippen LogP contribution is 2.40. The molecule has 4 aliphatic rings. The maximum atomic E-state index is 14.2. The van der Waals surface area contributed by atoms with Crippen molar-refractivity contribution in [2.75, 3.05) is 48.0 Å². The second-order valence-corrected chi connectivity index (χ2v) is 22.5. The lowest BCUT2D eigenvalue weighted by Crippen LogP contribution is -2.61. The fraction of sp³-hybridized carbons (Fsp3) is 0.960. The molecular formula is C50H94N2O24. The summed E-state index contributed by atoms with van der Waals surface area (Å²) in [6.07, 6.45) is -25.1. The van der Waals surface area contributed by atoms with Gasteiger partial charge in [0.2, 0.25) is 0 Å². The van der Waals surface area contributed by atoms with Crippen LogP contribution in [-0.2, 0) is 47.5 Å². The summed E-state index contributed by atoms with van der Waals surface area (Å²) in [5, 5.41) is 143. The Labute approximate surface area is 445 Å². The number of carboxylic acids is 1. The van der Waals surface area contributed by atoms with Gasteiger partial charge in [0.05, 0.1) is 54.7 Å². The van der Waals surface area contributed by atoms with Gasteiger partial charge in [0.25, 0.3) is 0 Å². The van der Waals surface area contributed by atoms with Gasteiger partial charge in [-0.3, -0.25) is 4.79 Å². The lowest BCUT2D eigenvalue weighted by molar-refractivity contribution is -0.326. The van der Waals surface area contributed by atoms with Crippen molar-refractivity contribution in [2.45, 2.75) is 240 Å². The van der Waals surface area contributed by atoms with Crippen LogP contribution in [0.1, 0.15) is 94.9 Å². The zero-order chi connectivity index (χ0) is 58.3. The number of cyclic esters (lactones) is 1. The smallest absolute Gasteiger partial charge is 0.335 e. The molecule has 26 nitrogen and oxygen atoms in total. The zero-order valence-electron chi connectivity index (χ0n) is 46.5. The summed E-state index contributed by atoms with van der Waals surface area (Å²) in [7, 11) is 7.12. The molecule has 76 heavy (non-hydrogen) atoms. The Morgan fingerprint density at radius 1 is 0.842 bits per heavy atom. The molecule has 27 atom stereocenters. The number of hydrogen-bond donors (Lipinski definition) is 14. The molecule has 0 radical (unpaired) electrons. The Morgan fingerprint density at radius 2 is 1.45 bits per heavy atom. The third kappa shape index (κ3) is 16.4. The van der Waals surface area contributed by atoms with Crippen LogP contribution in [0.3, 0.4) is 0 Å². The van der Waals surface area contributed by atoms with Crippen molar-refractivity contribution < 1.29 is 119 Å². The Morgan fingerprint density at radius 3 is 1.97 bits per heavy atom. The van der Waals surface area contributed by atoms with E-state index in [1.807, 2.05) is 51.7 Å². The third-order valence-electron chi connectivity index (χ3n) is 15.8. The molecule has 4 saturated heterocycles. The number of hydrogen-bond acceptors (Lipinski definition) is 25. The molecule has 4 heterocycles. The normalized spacial score (nSPS) is 45.3. The molecule has 0 unspecified atom stereocenters. The number of rotatable bonds is 15. The number of aliphatic carboxylic acids is 1. The van der Waals surface area contributed by atoms with Gasteiger partial charge in [-0.25, -0.2) is 4.79 Å². The average Bonchev–Trinajstić information content (AvgIpc) is 3.35. The van der Waals surface area contributed by atoms with Crippen molar-refractivity contribution in [3.8, 4) is 0 Å². The van der Waals surface area contributed by atoms with Gasteiger partial charge >= 0.3 is 11.9 Å². The Hall–Kier alpha value is -1.94. The van der Waals surface area contributed by atoms with Gasteiger partial charge in [-0.1, -0.05) is 20.8 Å². The van der Waals surface area contributed by atoms with E-state index in [2.05, 4.69) is 0 Å².